The normalized spacial score (nSPS) is 20.3. The van der Waals surface area contributed by atoms with E-state index in [1.54, 1.807) is 6.92 Å². The van der Waals surface area contributed by atoms with Crippen molar-refractivity contribution in [3.63, 3.8) is 0 Å². The van der Waals surface area contributed by atoms with Gasteiger partial charge in [0.1, 0.15) is 11.9 Å². The molecule has 1 aromatic carbocycles. The molecule has 3 aromatic rings. The smallest absolute Gasteiger partial charge is 0.417 e. The second-order valence-electron chi connectivity index (χ2n) is 12.2. The number of carbonyl (C=O) groups excluding carboxylic acids is 3. The molecular weight excluding hydrogens is 672 g/mol. The van der Waals surface area contributed by atoms with Gasteiger partial charge in [-0.15, -0.1) is 0 Å². The van der Waals surface area contributed by atoms with Crippen molar-refractivity contribution in [1.82, 2.24) is 19.8 Å². The number of piperidine rings is 2. The molecule has 2 fully saturated rings. The number of halogens is 6. The van der Waals surface area contributed by atoms with Gasteiger partial charge >= 0.3 is 12.4 Å². The van der Waals surface area contributed by atoms with E-state index >= 15 is 0 Å². The molecule has 0 bridgehead atoms. The largest absolute Gasteiger partial charge is 0.475 e. The summed E-state index contributed by atoms with van der Waals surface area (Å²) in [6, 6.07) is 6.24. The Hall–Kier alpha value is -4.89. The number of alkyl halides is 6. The molecule has 2 aliphatic heterocycles. The van der Waals surface area contributed by atoms with Gasteiger partial charge in [-0.05, 0) is 49.2 Å². The molecule has 0 spiro atoms. The van der Waals surface area contributed by atoms with Crippen LogP contribution < -0.4 is 15.2 Å². The van der Waals surface area contributed by atoms with Crippen LogP contribution in [0.25, 0.3) is 0 Å². The summed E-state index contributed by atoms with van der Waals surface area (Å²) in [5, 5.41) is 0. The van der Waals surface area contributed by atoms with Crippen molar-refractivity contribution in [3.05, 3.63) is 83.3 Å². The maximum atomic E-state index is 14.7. The molecule has 10 nitrogen and oxygen atoms in total. The summed E-state index contributed by atoms with van der Waals surface area (Å²) in [6.45, 7) is 2.10. The Balaban J connectivity index is 1.47. The van der Waals surface area contributed by atoms with Crippen LogP contribution in [0.5, 0.6) is 11.6 Å². The molecule has 0 saturated carbocycles. The molecule has 4 heterocycles. The molecule has 0 aliphatic carbocycles. The first-order valence-electron chi connectivity index (χ1n) is 16.0. The van der Waals surface area contributed by atoms with E-state index in [1.807, 2.05) is 0 Å². The predicted octanol–water partition coefficient (Wildman–Crippen LogP) is 5.91. The lowest BCUT2D eigenvalue weighted by Crippen LogP contribution is -2.68. The first kappa shape index (κ1) is 36.4. The molecule has 3 amide bonds. The number of aromatic nitrogens is 2. The number of hydrogen-bond acceptors (Lipinski definition) is 7. The lowest BCUT2D eigenvalue weighted by atomic mass is 9.79. The van der Waals surface area contributed by atoms with Crippen LogP contribution in [0.2, 0.25) is 0 Å². The molecule has 2 atom stereocenters. The van der Waals surface area contributed by atoms with Crippen LogP contribution in [-0.4, -0.2) is 74.9 Å². The third-order valence-corrected chi connectivity index (χ3v) is 8.92. The number of likely N-dealkylation sites (tertiary alicyclic amines) is 2. The fourth-order valence-electron chi connectivity index (χ4n) is 6.54. The summed E-state index contributed by atoms with van der Waals surface area (Å²) in [4.78, 5) is 50.8. The first-order chi connectivity index (χ1) is 23.6. The lowest BCUT2D eigenvalue weighted by molar-refractivity contribution is -0.161. The monoisotopic (exact) mass is 707 g/mol. The van der Waals surface area contributed by atoms with Gasteiger partial charge in [0.15, 0.2) is 0 Å². The van der Waals surface area contributed by atoms with Crippen LogP contribution in [0.4, 0.5) is 26.3 Å². The highest BCUT2D eigenvalue weighted by Gasteiger charge is 2.56. The summed E-state index contributed by atoms with van der Waals surface area (Å²) < 4.78 is 94.3. The molecular formula is C34H35F6N5O5. The molecule has 5 rings (SSSR count). The standard InChI is InChI=1S/C34H35F6N5O5/c1-2-4-27-32(50-24-7-5-22(6-8-24)33(35,36)37,13-3-16-45(27)30(47)25-20-42-14-10-26(25)34(38,39)40)31(48)44-17-11-23(12-18-44)49-28-19-21(29(41)46)9-15-43-28/h5-10,14-15,19-20,23,27H,2-4,11-13,16-18H2,1H3,(H2,41,46)/t27-,32+/m1/s1. The topological polar surface area (TPSA) is 128 Å². The van der Waals surface area contributed by atoms with Gasteiger partial charge in [-0.1, -0.05) is 13.3 Å². The van der Waals surface area contributed by atoms with Crippen LogP contribution in [-0.2, 0) is 17.1 Å². The summed E-state index contributed by atoms with van der Waals surface area (Å²) in [7, 11) is 0. The Bertz CT molecular complexity index is 1690. The second-order valence-corrected chi connectivity index (χ2v) is 12.2. The van der Waals surface area contributed by atoms with E-state index in [1.165, 1.54) is 28.1 Å². The molecule has 16 heteroatoms. The van der Waals surface area contributed by atoms with Crippen molar-refractivity contribution in [1.29, 1.82) is 0 Å². The van der Waals surface area contributed by atoms with Gasteiger partial charge in [-0.2, -0.15) is 26.3 Å². The number of hydrogen-bond donors (Lipinski definition) is 1. The van der Waals surface area contributed by atoms with Crippen molar-refractivity contribution in [3.8, 4) is 11.6 Å². The Labute approximate surface area is 283 Å². The zero-order valence-corrected chi connectivity index (χ0v) is 27.0. The van der Waals surface area contributed by atoms with Crippen molar-refractivity contribution in [2.45, 2.75) is 75.5 Å². The number of nitrogens with zero attached hydrogens (tertiary/aromatic N) is 4. The van der Waals surface area contributed by atoms with Crippen LogP contribution >= 0.6 is 0 Å². The minimum atomic E-state index is -4.86. The Kier molecular flexibility index (Phi) is 10.6. The molecule has 2 aliphatic rings. The molecule has 50 heavy (non-hydrogen) atoms. The number of carbonyl (C=O) groups is 3. The minimum absolute atomic E-state index is 0.00831. The Morgan fingerprint density at radius 1 is 0.960 bits per heavy atom. The zero-order valence-electron chi connectivity index (χ0n) is 27.0. The average Bonchev–Trinajstić information content (AvgIpc) is 3.08. The molecule has 0 radical (unpaired) electrons. The van der Waals surface area contributed by atoms with Crippen molar-refractivity contribution >= 4 is 17.7 Å². The molecule has 2 saturated heterocycles. The first-order valence-corrected chi connectivity index (χ1v) is 16.0. The highest BCUT2D eigenvalue weighted by atomic mass is 19.4. The van der Waals surface area contributed by atoms with Gasteiger partial charge < -0.3 is 25.0 Å². The summed E-state index contributed by atoms with van der Waals surface area (Å²) in [5.74, 6) is -2.10. The van der Waals surface area contributed by atoms with Crippen molar-refractivity contribution < 1.29 is 50.2 Å². The van der Waals surface area contributed by atoms with Crippen LogP contribution in [0.3, 0.4) is 0 Å². The number of primary amides is 1. The molecule has 268 valence electrons. The number of pyridine rings is 2. The third kappa shape index (κ3) is 7.78. The third-order valence-electron chi connectivity index (χ3n) is 8.92. The molecule has 0 unspecified atom stereocenters. The minimum Gasteiger partial charge on any atom is -0.475 e. The summed E-state index contributed by atoms with van der Waals surface area (Å²) in [5.41, 5.74) is 0.888. The van der Waals surface area contributed by atoms with Crippen LogP contribution in [0.1, 0.15) is 77.3 Å². The van der Waals surface area contributed by atoms with Gasteiger partial charge in [-0.3, -0.25) is 19.4 Å². The van der Waals surface area contributed by atoms with Gasteiger partial charge in [-0.25, -0.2) is 4.98 Å². The lowest BCUT2D eigenvalue weighted by Gasteiger charge is -2.50. The van der Waals surface area contributed by atoms with E-state index in [-0.39, 0.29) is 56.1 Å². The van der Waals surface area contributed by atoms with E-state index in [9.17, 15) is 40.7 Å². The van der Waals surface area contributed by atoms with Gasteiger partial charge in [0.2, 0.25) is 17.4 Å². The van der Waals surface area contributed by atoms with Gasteiger partial charge in [0, 0.05) is 69.1 Å². The van der Waals surface area contributed by atoms with E-state index < -0.39 is 64.5 Å². The van der Waals surface area contributed by atoms with Crippen LogP contribution in [0, 0.1) is 0 Å². The van der Waals surface area contributed by atoms with Gasteiger partial charge in [0.25, 0.3) is 11.8 Å². The number of ether oxygens (including phenoxy) is 2. The van der Waals surface area contributed by atoms with Crippen molar-refractivity contribution in [2.75, 3.05) is 19.6 Å². The number of benzene rings is 1. The number of nitrogens with two attached hydrogens (primary N) is 1. The van der Waals surface area contributed by atoms with E-state index in [2.05, 4.69) is 9.97 Å². The number of rotatable bonds is 9. The highest BCUT2D eigenvalue weighted by Crippen LogP contribution is 2.41. The zero-order chi connectivity index (χ0) is 36.3. The van der Waals surface area contributed by atoms with E-state index in [0.717, 1.165) is 36.7 Å². The maximum absolute atomic E-state index is 14.7. The second kappa shape index (κ2) is 14.5. The molecule has 2 aromatic heterocycles. The molecule has 2 N–H and O–H groups in total. The average molecular weight is 708 g/mol. The van der Waals surface area contributed by atoms with E-state index in [4.69, 9.17) is 15.2 Å². The highest BCUT2D eigenvalue weighted by molar-refractivity contribution is 5.97. The summed E-state index contributed by atoms with van der Waals surface area (Å²) in [6.07, 6.45) is -5.36. The van der Waals surface area contributed by atoms with Gasteiger partial charge in [0.05, 0.1) is 22.7 Å². The predicted molar refractivity (Wildman–Crippen MR) is 166 cm³/mol. The fourth-order valence-corrected chi connectivity index (χ4v) is 6.54. The van der Waals surface area contributed by atoms with E-state index in [0.29, 0.717) is 25.3 Å². The maximum Gasteiger partial charge on any atom is 0.417 e. The quantitative estimate of drug-likeness (QED) is 0.274. The Morgan fingerprint density at radius 2 is 1.66 bits per heavy atom. The summed E-state index contributed by atoms with van der Waals surface area (Å²) >= 11 is 0. The Morgan fingerprint density at radius 3 is 2.28 bits per heavy atom. The SMILES string of the molecule is CCC[C@H]1N(C(=O)c2cnccc2C(F)(F)F)CCC[C@@]1(Oc1ccc(C(F)(F)F)cc1)C(=O)N1CCC(Oc2cc(C(N)=O)ccn2)CC1. The van der Waals surface area contributed by atoms with Crippen LogP contribution in [0.15, 0.2) is 61.1 Å². The fraction of sp³-hybridized carbons (Fsp3) is 0.441. The van der Waals surface area contributed by atoms with Crippen molar-refractivity contribution in [2.24, 2.45) is 5.73 Å². The number of amides is 3.